The van der Waals surface area contributed by atoms with E-state index >= 15 is 0 Å². The quantitative estimate of drug-likeness (QED) is 0.872. The predicted molar refractivity (Wildman–Crippen MR) is 82.2 cm³/mol. The third-order valence-electron chi connectivity index (χ3n) is 5.50. The molecule has 3 rings (SSSR count). The second-order valence-electron chi connectivity index (χ2n) is 6.98. The summed E-state index contributed by atoms with van der Waals surface area (Å²) in [4.78, 5) is 0. The molecular weight excluding hydrogens is 264 g/mol. The summed E-state index contributed by atoms with van der Waals surface area (Å²) in [6, 6.07) is 6.97. The van der Waals surface area contributed by atoms with Gasteiger partial charge >= 0.3 is 0 Å². The molecule has 2 aliphatic rings. The molecule has 3 heteroatoms. The molecule has 1 aliphatic heterocycles. The Balaban J connectivity index is 1.79. The minimum Gasteiger partial charge on any atom is -0.508 e. The largest absolute Gasteiger partial charge is 0.508 e. The van der Waals surface area contributed by atoms with E-state index in [-0.39, 0.29) is 17.3 Å². The van der Waals surface area contributed by atoms with E-state index < -0.39 is 5.60 Å². The van der Waals surface area contributed by atoms with E-state index in [4.69, 9.17) is 4.74 Å². The number of aliphatic hydroxyl groups is 1. The molecule has 0 bridgehead atoms. The second-order valence-corrected chi connectivity index (χ2v) is 6.98. The highest BCUT2D eigenvalue weighted by molar-refractivity contribution is 5.30. The molecule has 1 spiro atoms. The Bertz CT molecular complexity index is 466. The summed E-state index contributed by atoms with van der Waals surface area (Å²) in [5.74, 6) is 0.458. The average molecular weight is 290 g/mol. The lowest BCUT2D eigenvalue weighted by Gasteiger charge is -2.47. The van der Waals surface area contributed by atoms with Crippen LogP contribution in [0.4, 0.5) is 0 Å². The van der Waals surface area contributed by atoms with Crippen LogP contribution in [0, 0.1) is 5.92 Å². The number of hydrogen-bond donors (Lipinski definition) is 2. The molecule has 0 amide bonds. The normalized spacial score (nSPS) is 28.2. The van der Waals surface area contributed by atoms with Gasteiger partial charge in [-0.15, -0.1) is 0 Å². The van der Waals surface area contributed by atoms with Crippen molar-refractivity contribution in [2.45, 2.75) is 63.1 Å². The first-order chi connectivity index (χ1) is 10.0. The molecule has 1 heterocycles. The monoisotopic (exact) mass is 290 g/mol. The lowest BCUT2D eigenvalue weighted by Crippen LogP contribution is -2.47. The van der Waals surface area contributed by atoms with Gasteiger partial charge in [0.05, 0.1) is 11.2 Å². The zero-order valence-corrected chi connectivity index (χ0v) is 12.8. The molecule has 1 aliphatic carbocycles. The minimum atomic E-state index is -0.859. The molecule has 21 heavy (non-hydrogen) atoms. The van der Waals surface area contributed by atoms with Gasteiger partial charge in [0.2, 0.25) is 0 Å². The summed E-state index contributed by atoms with van der Waals surface area (Å²) >= 11 is 0. The molecule has 1 saturated carbocycles. The Hall–Kier alpha value is -1.06. The second kappa shape index (κ2) is 5.62. The van der Waals surface area contributed by atoms with E-state index in [9.17, 15) is 10.2 Å². The zero-order valence-electron chi connectivity index (χ0n) is 12.8. The summed E-state index contributed by atoms with van der Waals surface area (Å²) < 4.78 is 6.14. The van der Waals surface area contributed by atoms with E-state index in [1.54, 1.807) is 12.1 Å². The highest BCUT2D eigenvalue weighted by Crippen LogP contribution is 2.46. The van der Waals surface area contributed by atoms with Crippen LogP contribution in [-0.4, -0.2) is 22.4 Å². The number of rotatable bonds is 2. The van der Waals surface area contributed by atoms with Crippen LogP contribution in [0.25, 0.3) is 0 Å². The first-order valence-corrected chi connectivity index (χ1v) is 8.18. The van der Waals surface area contributed by atoms with Crippen LogP contribution in [-0.2, 0) is 10.3 Å². The van der Waals surface area contributed by atoms with Gasteiger partial charge in [0.15, 0.2) is 0 Å². The molecule has 1 aromatic carbocycles. The lowest BCUT2D eigenvalue weighted by molar-refractivity contribution is -0.154. The van der Waals surface area contributed by atoms with E-state index in [0.29, 0.717) is 0 Å². The number of aromatic hydroxyl groups is 1. The van der Waals surface area contributed by atoms with Gasteiger partial charge in [0.1, 0.15) is 5.75 Å². The maximum Gasteiger partial charge on any atom is 0.115 e. The summed E-state index contributed by atoms with van der Waals surface area (Å²) in [6.07, 6.45) is 7.91. The SMILES string of the molecule is CC(O)(c1ccc(O)cc1)C1CCOC2(CCCCC2)C1. The third-order valence-corrected chi connectivity index (χ3v) is 5.50. The van der Waals surface area contributed by atoms with Gasteiger partial charge in [-0.25, -0.2) is 0 Å². The van der Waals surface area contributed by atoms with Crippen molar-refractivity contribution in [1.29, 1.82) is 0 Å². The molecular formula is C18H26O3. The Morgan fingerprint density at radius 1 is 1.14 bits per heavy atom. The Kier molecular flexibility index (Phi) is 3.98. The molecule has 1 aromatic rings. The number of ether oxygens (including phenoxy) is 1. The van der Waals surface area contributed by atoms with Crippen molar-refractivity contribution < 1.29 is 14.9 Å². The number of benzene rings is 1. The van der Waals surface area contributed by atoms with Crippen LogP contribution in [0.5, 0.6) is 5.75 Å². The van der Waals surface area contributed by atoms with Crippen LogP contribution < -0.4 is 0 Å². The fraction of sp³-hybridized carbons (Fsp3) is 0.667. The van der Waals surface area contributed by atoms with Crippen molar-refractivity contribution in [3.63, 3.8) is 0 Å². The molecule has 0 radical (unpaired) electrons. The van der Waals surface area contributed by atoms with E-state index in [0.717, 1.165) is 37.9 Å². The number of phenols is 1. The van der Waals surface area contributed by atoms with Gasteiger partial charge in [0, 0.05) is 6.61 Å². The maximum atomic E-state index is 11.1. The third kappa shape index (κ3) is 2.95. The molecule has 2 fully saturated rings. The first kappa shape index (κ1) is 14.9. The van der Waals surface area contributed by atoms with Crippen LogP contribution in [0.2, 0.25) is 0 Å². The van der Waals surface area contributed by atoms with Crippen molar-refractivity contribution >= 4 is 0 Å². The number of phenolic OH excluding ortho intramolecular Hbond substituents is 1. The number of hydrogen-bond acceptors (Lipinski definition) is 3. The Morgan fingerprint density at radius 3 is 2.48 bits per heavy atom. The Labute approximate surface area is 127 Å². The predicted octanol–water partition coefficient (Wildman–Crippen LogP) is 3.73. The standard InChI is InChI=1S/C18H26O3/c1-17(20,14-5-7-16(19)8-6-14)15-9-12-21-18(13-15)10-3-2-4-11-18/h5-8,15,19-20H,2-4,9-13H2,1H3. The van der Waals surface area contributed by atoms with Gasteiger partial charge in [0.25, 0.3) is 0 Å². The zero-order chi connectivity index (χ0) is 14.9. The van der Waals surface area contributed by atoms with Gasteiger partial charge in [-0.1, -0.05) is 31.4 Å². The Morgan fingerprint density at radius 2 is 1.81 bits per heavy atom. The van der Waals surface area contributed by atoms with E-state index in [1.807, 2.05) is 19.1 Å². The fourth-order valence-electron chi connectivity index (χ4n) is 4.09. The maximum absolute atomic E-state index is 11.1. The minimum absolute atomic E-state index is 0.00206. The van der Waals surface area contributed by atoms with E-state index in [2.05, 4.69) is 0 Å². The van der Waals surface area contributed by atoms with Crippen molar-refractivity contribution in [2.75, 3.05) is 6.61 Å². The summed E-state index contributed by atoms with van der Waals surface area (Å²) in [6.45, 7) is 2.66. The highest BCUT2D eigenvalue weighted by atomic mass is 16.5. The van der Waals surface area contributed by atoms with Crippen molar-refractivity contribution in [3.05, 3.63) is 29.8 Å². The van der Waals surface area contributed by atoms with Gasteiger partial charge in [-0.05, 0) is 56.2 Å². The molecule has 3 nitrogen and oxygen atoms in total. The van der Waals surface area contributed by atoms with Crippen LogP contribution >= 0.6 is 0 Å². The summed E-state index contributed by atoms with van der Waals surface area (Å²) in [5, 5.41) is 20.5. The average Bonchev–Trinajstić information content (AvgIpc) is 2.48. The first-order valence-electron chi connectivity index (χ1n) is 8.18. The molecule has 116 valence electrons. The van der Waals surface area contributed by atoms with Gasteiger partial charge in [-0.3, -0.25) is 0 Å². The molecule has 2 atom stereocenters. The molecule has 2 unspecified atom stereocenters. The lowest BCUT2D eigenvalue weighted by atomic mass is 9.69. The molecule has 2 N–H and O–H groups in total. The van der Waals surface area contributed by atoms with Gasteiger partial charge < -0.3 is 14.9 Å². The van der Waals surface area contributed by atoms with Crippen LogP contribution in [0.1, 0.15) is 57.4 Å². The van der Waals surface area contributed by atoms with Gasteiger partial charge in [-0.2, -0.15) is 0 Å². The van der Waals surface area contributed by atoms with Crippen LogP contribution in [0.15, 0.2) is 24.3 Å². The van der Waals surface area contributed by atoms with Crippen molar-refractivity contribution in [1.82, 2.24) is 0 Å². The van der Waals surface area contributed by atoms with E-state index in [1.165, 1.54) is 19.3 Å². The summed E-state index contributed by atoms with van der Waals surface area (Å²) in [5.41, 5.74) is 0.0300. The summed E-state index contributed by atoms with van der Waals surface area (Å²) in [7, 11) is 0. The fourth-order valence-corrected chi connectivity index (χ4v) is 4.09. The molecule has 0 aromatic heterocycles. The highest BCUT2D eigenvalue weighted by Gasteiger charge is 2.44. The molecule has 1 saturated heterocycles. The van der Waals surface area contributed by atoms with Crippen molar-refractivity contribution in [3.8, 4) is 5.75 Å². The smallest absolute Gasteiger partial charge is 0.115 e. The van der Waals surface area contributed by atoms with Crippen molar-refractivity contribution in [2.24, 2.45) is 5.92 Å². The topological polar surface area (TPSA) is 49.7 Å². The van der Waals surface area contributed by atoms with Crippen LogP contribution in [0.3, 0.4) is 0 Å².